The Balaban J connectivity index is 3.23. The van der Waals surface area contributed by atoms with Gasteiger partial charge in [0.15, 0.2) is 0 Å². The van der Waals surface area contributed by atoms with Gasteiger partial charge in [0.25, 0.3) is 0 Å². The van der Waals surface area contributed by atoms with Crippen LogP contribution >= 0.6 is 0 Å². The maximum atomic E-state index is 5.47. The monoisotopic (exact) mass is 247 g/mol. The van der Waals surface area contributed by atoms with E-state index in [-0.39, 0.29) is 5.54 Å². The van der Waals surface area contributed by atoms with Crippen LogP contribution in [0.1, 0.15) is 33.6 Å². The first-order valence-electron chi connectivity index (χ1n) is 6.58. The number of hydrogen-bond acceptors (Lipinski definition) is 4. The molecule has 0 aliphatic carbocycles. The molecule has 0 rings (SSSR count). The predicted octanol–water partition coefficient (Wildman–Crippen LogP) is 1.83. The Hall–Kier alpha value is -0.160. The molecular formula is C13H29NO3. The maximum absolute atomic E-state index is 5.47. The highest BCUT2D eigenvalue weighted by Gasteiger charge is 2.17. The van der Waals surface area contributed by atoms with E-state index in [4.69, 9.17) is 14.2 Å². The Morgan fingerprint density at radius 2 is 1.41 bits per heavy atom. The molecular weight excluding hydrogens is 218 g/mol. The summed E-state index contributed by atoms with van der Waals surface area (Å²) in [4.78, 5) is 0. The van der Waals surface area contributed by atoms with Crippen LogP contribution in [0.2, 0.25) is 0 Å². The van der Waals surface area contributed by atoms with Gasteiger partial charge in [-0.15, -0.1) is 0 Å². The third-order valence-electron chi connectivity index (χ3n) is 3.16. The van der Waals surface area contributed by atoms with Crippen molar-refractivity contribution in [3.63, 3.8) is 0 Å². The smallest absolute Gasteiger partial charge is 0.0701 e. The lowest BCUT2D eigenvalue weighted by atomic mass is 9.96. The fourth-order valence-electron chi connectivity index (χ4n) is 1.39. The number of hydrogen-bond donors (Lipinski definition) is 1. The molecule has 0 saturated carbocycles. The number of nitrogens with one attached hydrogen (secondary N) is 1. The van der Waals surface area contributed by atoms with Crippen LogP contribution in [0.4, 0.5) is 0 Å². The minimum Gasteiger partial charge on any atom is -0.382 e. The zero-order chi connectivity index (χ0) is 13.0. The third kappa shape index (κ3) is 9.53. The molecule has 0 aliphatic rings. The van der Waals surface area contributed by atoms with Crippen molar-refractivity contribution in [1.82, 2.24) is 5.32 Å². The van der Waals surface area contributed by atoms with Gasteiger partial charge in [0, 0.05) is 19.2 Å². The summed E-state index contributed by atoms with van der Waals surface area (Å²) >= 11 is 0. The minimum absolute atomic E-state index is 0.248. The molecule has 0 amide bonds. The van der Waals surface area contributed by atoms with E-state index in [0.717, 1.165) is 26.0 Å². The highest BCUT2D eigenvalue weighted by Crippen LogP contribution is 2.12. The molecule has 0 atom stereocenters. The van der Waals surface area contributed by atoms with Crippen LogP contribution in [-0.4, -0.2) is 52.2 Å². The zero-order valence-corrected chi connectivity index (χ0v) is 11.9. The van der Waals surface area contributed by atoms with Crippen LogP contribution in [0, 0.1) is 0 Å². The standard InChI is InChI=1S/C13H29NO3/c1-5-13(3,6-2)14-7-8-16-11-12-17-10-9-15-4/h14H,5-12H2,1-4H3. The maximum Gasteiger partial charge on any atom is 0.0701 e. The summed E-state index contributed by atoms with van der Waals surface area (Å²) < 4.78 is 15.6. The molecule has 0 saturated heterocycles. The van der Waals surface area contributed by atoms with Crippen molar-refractivity contribution in [2.75, 3.05) is 46.7 Å². The van der Waals surface area contributed by atoms with Gasteiger partial charge < -0.3 is 19.5 Å². The Bertz CT molecular complexity index is 161. The van der Waals surface area contributed by atoms with Crippen LogP contribution in [0.25, 0.3) is 0 Å². The molecule has 0 unspecified atom stereocenters. The average Bonchev–Trinajstić information content (AvgIpc) is 2.36. The van der Waals surface area contributed by atoms with E-state index in [0.29, 0.717) is 26.4 Å². The van der Waals surface area contributed by atoms with Crippen molar-refractivity contribution < 1.29 is 14.2 Å². The van der Waals surface area contributed by atoms with E-state index < -0.39 is 0 Å². The van der Waals surface area contributed by atoms with Crippen molar-refractivity contribution in [3.8, 4) is 0 Å². The normalized spacial score (nSPS) is 12.0. The van der Waals surface area contributed by atoms with Gasteiger partial charge in [-0.05, 0) is 19.8 Å². The molecule has 0 fully saturated rings. The van der Waals surface area contributed by atoms with E-state index in [9.17, 15) is 0 Å². The van der Waals surface area contributed by atoms with Crippen LogP contribution in [0.15, 0.2) is 0 Å². The summed E-state index contributed by atoms with van der Waals surface area (Å²) in [6.07, 6.45) is 2.28. The second-order valence-corrected chi connectivity index (χ2v) is 4.41. The Morgan fingerprint density at radius 1 is 0.882 bits per heavy atom. The molecule has 4 heteroatoms. The van der Waals surface area contributed by atoms with Gasteiger partial charge in [0.05, 0.1) is 33.0 Å². The molecule has 0 aromatic heterocycles. The number of ether oxygens (including phenoxy) is 3. The van der Waals surface area contributed by atoms with Gasteiger partial charge in [-0.1, -0.05) is 13.8 Å². The van der Waals surface area contributed by atoms with Crippen LogP contribution in [0.3, 0.4) is 0 Å². The van der Waals surface area contributed by atoms with Gasteiger partial charge >= 0.3 is 0 Å². The molecule has 0 aromatic rings. The van der Waals surface area contributed by atoms with E-state index >= 15 is 0 Å². The molecule has 0 aliphatic heterocycles. The molecule has 0 aromatic carbocycles. The largest absolute Gasteiger partial charge is 0.382 e. The summed E-state index contributed by atoms with van der Waals surface area (Å²) in [6, 6.07) is 0. The van der Waals surface area contributed by atoms with Crippen LogP contribution in [-0.2, 0) is 14.2 Å². The van der Waals surface area contributed by atoms with E-state index in [2.05, 4.69) is 26.1 Å². The van der Waals surface area contributed by atoms with Crippen molar-refractivity contribution in [1.29, 1.82) is 0 Å². The quantitative estimate of drug-likeness (QED) is 0.534. The predicted molar refractivity (Wildman–Crippen MR) is 70.5 cm³/mol. The molecule has 4 nitrogen and oxygen atoms in total. The first-order chi connectivity index (χ1) is 8.18. The molecule has 0 radical (unpaired) electrons. The lowest BCUT2D eigenvalue weighted by Crippen LogP contribution is -2.42. The van der Waals surface area contributed by atoms with Gasteiger partial charge in [-0.25, -0.2) is 0 Å². The van der Waals surface area contributed by atoms with Crippen molar-refractivity contribution in [2.45, 2.75) is 39.2 Å². The minimum atomic E-state index is 0.248. The number of rotatable bonds is 12. The summed E-state index contributed by atoms with van der Waals surface area (Å²) in [5.41, 5.74) is 0.248. The topological polar surface area (TPSA) is 39.7 Å². The molecule has 17 heavy (non-hydrogen) atoms. The summed E-state index contributed by atoms with van der Waals surface area (Å²) in [6.45, 7) is 10.9. The van der Waals surface area contributed by atoms with Crippen molar-refractivity contribution in [2.24, 2.45) is 0 Å². The molecule has 0 spiro atoms. The summed E-state index contributed by atoms with van der Waals surface area (Å²) in [5.74, 6) is 0. The lowest BCUT2D eigenvalue weighted by molar-refractivity contribution is 0.0244. The highest BCUT2D eigenvalue weighted by atomic mass is 16.5. The first-order valence-corrected chi connectivity index (χ1v) is 6.58. The average molecular weight is 247 g/mol. The Morgan fingerprint density at radius 3 is 1.94 bits per heavy atom. The molecule has 0 bridgehead atoms. The van der Waals surface area contributed by atoms with E-state index in [1.54, 1.807) is 7.11 Å². The van der Waals surface area contributed by atoms with Crippen LogP contribution in [0.5, 0.6) is 0 Å². The third-order valence-corrected chi connectivity index (χ3v) is 3.16. The molecule has 0 heterocycles. The fourth-order valence-corrected chi connectivity index (χ4v) is 1.39. The van der Waals surface area contributed by atoms with Gasteiger partial charge in [-0.2, -0.15) is 0 Å². The molecule has 1 N–H and O–H groups in total. The second kappa shape index (κ2) is 11.0. The van der Waals surface area contributed by atoms with Crippen LogP contribution < -0.4 is 5.32 Å². The second-order valence-electron chi connectivity index (χ2n) is 4.41. The SMILES string of the molecule is CCC(C)(CC)NCCOCCOCCOC. The first kappa shape index (κ1) is 16.8. The summed E-state index contributed by atoms with van der Waals surface area (Å²) in [5, 5.41) is 3.52. The number of methoxy groups -OCH3 is 1. The van der Waals surface area contributed by atoms with Gasteiger partial charge in [0.2, 0.25) is 0 Å². The zero-order valence-electron chi connectivity index (χ0n) is 11.9. The fraction of sp³-hybridized carbons (Fsp3) is 1.00. The van der Waals surface area contributed by atoms with Crippen molar-refractivity contribution >= 4 is 0 Å². The van der Waals surface area contributed by atoms with Gasteiger partial charge in [0.1, 0.15) is 0 Å². The van der Waals surface area contributed by atoms with E-state index in [1.807, 2.05) is 0 Å². The molecule has 104 valence electrons. The summed E-state index contributed by atoms with van der Waals surface area (Å²) in [7, 11) is 1.67. The van der Waals surface area contributed by atoms with E-state index in [1.165, 1.54) is 0 Å². The van der Waals surface area contributed by atoms with Crippen molar-refractivity contribution in [3.05, 3.63) is 0 Å². The van der Waals surface area contributed by atoms with Gasteiger partial charge in [-0.3, -0.25) is 0 Å². The Kier molecular flexibility index (Phi) is 10.9. The highest BCUT2D eigenvalue weighted by molar-refractivity contribution is 4.79. The lowest BCUT2D eigenvalue weighted by Gasteiger charge is -2.28. The Labute approximate surface area is 106 Å².